The first kappa shape index (κ1) is 14.2. The van der Waals surface area contributed by atoms with Gasteiger partial charge in [-0.2, -0.15) is 5.26 Å². The van der Waals surface area contributed by atoms with E-state index in [-0.39, 0.29) is 5.78 Å². The van der Waals surface area contributed by atoms with Gasteiger partial charge in [0.15, 0.2) is 5.78 Å². The van der Waals surface area contributed by atoms with Gasteiger partial charge >= 0.3 is 0 Å². The van der Waals surface area contributed by atoms with Gasteiger partial charge in [-0.15, -0.1) is 0 Å². The topological polar surface area (TPSA) is 44.1 Å². The van der Waals surface area contributed by atoms with E-state index in [1.807, 2.05) is 11.9 Å². The fraction of sp³-hybridized carbons (Fsp3) is 0.467. The van der Waals surface area contributed by atoms with Crippen LogP contribution in [0.15, 0.2) is 18.2 Å². The van der Waals surface area contributed by atoms with Gasteiger partial charge in [-0.3, -0.25) is 4.79 Å². The molecular weight excluding hydrogens is 224 g/mol. The minimum atomic E-state index is 0.0259. The van der Waals surface area contributed by atoms with Crippen molar-refractivity contribution in [1.82, 2.24) is 0 Å². The molecule has 0 saturated heterocycles. The van der Waals surface area contributed by atoms with Crippen LogP contribution in [0.3, 0.4) is 0 Å². The summed E-state index contributed by atoms with van der Waals surface area (Å²) in [4.78, 5) is 13.4. The van der Waals surface area contributed by atoms with E-state index in [9.17, 15) is 4.79 Å². The highest BCUT2D eigenvalue weighted by molar-refractivity contribution is 5.95. The van der Waals surface area contributed by atoms with Gasteiger partial charge in [-0.1, -0.05) is 13.8 Å². The van der Waals surface area contributed by atoms with Gasteiger partial charge in [-0.05, 0) is 37.5 Å². The smallest absolute Gasteiger partial charge is 0.159 e. The fourth-order valence-corrected chi connectivity index (χ4v) is 1.73. The normalized spacial score (nSPS) is 10.2. The molecule has 0 radical (unpaired) electrons. The summed E-state index contributed by atoms with van der Waals surface area (Å²) in [5, 5.41) is 9.11. The Bertz CT molecular complexity index is 472. The van der Waals surface area contributed by atoms with Crippen molar-refractivity contribution in [3.63, 3.8) is 0 Å². The van der Waals surface area contributed by atoms with Crippen LogP contribution in [0.25, 0.3) is 0 Å². The zero-order valence-electron chi connectivity index (χ0n) is 11.5. The van der Waals surface area contributed by atoms with Crippen LogP contribution in [0.1, 0.15) is 43.1 Å². The molecule has 1 aromatic rings. The third kappa shape index (κ3) is 3.59. The van der Waals surface area contributed by atoms with E-state index in [1.54, 1.807) is 25.1 Å². The molecule has 3 heteroatoms. The fourth-order valence-electron chi connectivity index (χ4n) is 1.73. The number of hydrogen-bond acceptors (Lipinski definition) is 3. The van der Waals surface area contributed by atoms with E-state index in [2.05, 4.69) is 19.9 Å². The quantitative estimate of drug-likeness (QED) is 0.747. The molecule has 0 fully saturated rings. The Morgan fingerprint density at radius 1 is 1.44 bits per heavy atom. The maximum Gasteiger partial charge on any atom is 0.159 e. The highest BCUT2D eigenvalue weighted by Crippen LogP contribution is 2.22. The van der Waals surface area contributed by atoms with Gasteiger partial charge < -0.3 is 4.90 Å². The van der Waals surface area contributed by atoms with E-state index in [0.717, 1.165) is 18.7 Å². The Balaban J connectivity index is 3.01. The molecule has 1 aromatic carbocycles. The summed E-state index contributed by atoms with van der Waals surface area (Å²) in [6.07, 6.45) is 1.06. The molecule has 96 valence electrons. The van der Waals surface area contributed by atoms with E-state index in [4.69, 9.17) is 5.26 Å². The van der Waals surface area contributed by atoms with Crippen molar-refractivity contribution in [3.05, 3.63) is 29.3 Å². The van der Waals surface area contributed by atoms with Crippen LogP contribution in [0.4, 0.5) is 5.69 Å². The van der Waals surface area contributed by atoms with Crippen molar-refractivity contribution in [3.8, 4) is 6.07 Å². The molecular formula is C15H20N2O. The zero-order chi connectivity index (χ0) is 13.7. The largest absolute Gasteiger partial charge is 0.374 e. The lowest BCUT2D eigenvalue weighted by Crippen LogP contribution is -2.21. The second kappa shape index (κ2) is 6.20. The first-order valence-corrected chi connectivity index (χ1v) is 6.22. The number of anilines is 1. The average molecular weight is 244 g/mol. The minimum absolute atomic E-state index is 0.0259. The summed E-state index contributed by atoms with van der Waals surface area (Å²) in [6.45, 7) is 6.77. The second-order valence-corrected chi connectivity index (χ2v) is 5.00. The summed E-state index contributed by atoms with van der Waals surface area (Å²) in [6, 6.07) is 7.41. The molecule has 0 atom stereocenters. The van der Waals surface area contributed by atoms with Crippen LogP contribution in [0.5, 0.6) is 0 Å². The second-order valence-electron chi connectivity index (χ2n) is 5.00. The number of nitriles is 1. The van der Waals surface area contributed by atoms with Gasteiger partial charge in [0.05, 0.1) is 11.3 Å². The Morgan fingerprint density at radius 2 is 2.11 bits per heavy atom. The van der Waals surface area contributed by atoms with Crippen molar-refractivity contribution >= 4 is 11.5 Å². The molecule has 0 aromatic heterocycles. The number of carbonyl (C=O) groups excluding carboxylic acids is 1. The van der Waals surface area contributed by atoms with Crippen LogP contribution < -0.4 is 4.90 Å². The van der Waals surface area contributed by atoms with Crippen molar-refractivity contribution in [1.29, 1.82) is 5.26 Å². The van der Waals surface area contributed by atoms with E-state index in [0.29, 0.717) is 17.0 Å². The molecule has 0 aliphatic carbocycles. The predicted molar refractivity (Wildman–Crippen MR) is 73.9 cm³/mol. The predicted octanol–water partition coefficient (Wildman–Crippen LogP) is 3.24. The molecule has 0 spiro atoms. The molecule has 0 aliphatic heterocycles. The third-order valence-electron chi connectivity index (χ3n) is 2.98. The van der Waals surface area contributed by atoms with Gasteiger partial charge in [0.1, 0.15) is 6.07 Å². The summed E-state index contributed by atoms with van der Waals surface area (Å²) in [5.41, 5.74) is 2.11. The Labute approximate surface area is 109 Å². The monoisotopic (exact) mass is 244 g/mol. The summed E-state index contributed by atoms with van der Waals surface area (Å²) in [5.74, 6) is 0.645. The Hall–Kier alpha value is -1.82. The highest BCUT2D eigenvalue weighted by Gasteiger charge is 2.10. The van der Waals surface area contributed by atoms with Crippen molar-refractivity contribution < 1.29 is 4.79 Å². The maximum absolute atomic E-state index is 11.4. The number of rotatable bonds is 5. The maximum atomic E-state index is 11.4. The van der Waals surface area contributed by atoms with E-state index >= 15 is 0 Å². The first-order chi connectivity index (χ1) is 8.45. The van der Waals surface area contributed by atoms with Crippen LogP contribution >= 0.6 is 0 Å². The van der Waals surface area contributed by atoms with Crippen molar-refractivity contribution in [2.24, 2.45) is 5.92 Å². The summed E-state index contributed by atoms with van der Waals surface area (Å²) in [7, 11) is 1.96. The Kier molecular flexibility index (Phi) is 4.91. The molecule has 3 nitrogen and oxygen atoms in total. The van der Waals surface area contributed by atoms with Crippen LogP contribution in [0, 0.1) is 17.2 Å². The molecule has 0 bridgehead atoms. The van der Waals surface area contributed by atoms with Gasteiger partial charge in [0.2, 0.25) is 0 Å². The number of benzene rings is 1. The number of Topliss-reactive ketones (excluding diaryl/α,β-unsaturated/α-hetero) is 1. The number of ketones is 1. The van der Waals surface area contributed by atoms with Gasteiger partial charge in [0, 0.05) is 19.2 Å². The zero-order valence-corrected chi connectivity index (χ0v) is 11.5. The molecule has 0 amide bonds. The lowest BCUT2D eigenvalue weighted by atomic mass is 10.1. The highest BCUT2D eigenvalue weighted by atomic mass is 16.1. The molecule has 1 rings (SSSR count). The van der Waals surface area contributed by atoms with Gasteiger partial charge in [0.25, 0.3) is 0 Å². The molecule has 18 heavy (non-hydrogen) atoms. The third-order valence-corrected chi connectivity index (χ3v) is 2.98. The molecule has 0 aliphatic rings. The summed E-state index contributed by atoms with van der Waals surface area (Å²) >= 11 is 0. The van der Waals surface area contributed by atoms with Crippen LogP contribution in [-0.2, 0) is 0 Å². The van der Waals surface area contributed by atoms with Crippen molar-refractivity contribution in [2.45, 2.75) is 27.2 Å². The SMILES string of the molecule is CC(=O)c1ccc(C#N)c(N(C)CCC(C)C)c1. The number of nitrogens with zero attached hydrogens (tertiary/aromatic N) is 2. The number of hydrogen-bond donors (Lipinski definition) is 0. The first-order valence-electron chi connectivity index (χ1n) is 6.22. The van der Waals surface area contributed by atoms with Crippen LogP contribution in [-0.4, -0.2) is 19.4 Å². The standard InChI is InChI=1S/C15H20N2O/c1-11(2)7-8-17(4)15-9-13(12(3)18)5-6-14(15)10-16/h5-6,9,11H,7-8H2,1-4H3. The lowest BCUT2D eigenvalue weighted by molar-refractivity contribution is 0.101. The average Bonchev–Trinajstić information content (AvgIpc) is 2.34. The molecule has 0 unspecified atom stereocenters. The number of carbonyl (C=O) groups is 1. The van der Waals surface area contributed by atoms with Crippen LogP contribution in [0.2, 0.25) is 0 Å². The molecule has 0 N–H and O–H groups in total. The van der Waals surface area contributed by atoms with Crippen molar-refractivity contribution in [2.75, 3.05) is 18.5 Å². The Morgan fingerprint density at radius 3 is 2.61 bits per heavy atom. The van der Waals surface area contributed by atoms with Gasteiger partial charge in [-0.25, -0.2) is 0 Å². The van der Waals surface area contributed by atoms with E-state index < -0.39 is 0 Å². The molecule has 0 heterocycles. The minimum Gasteiger partial charge on any atom is -0.374 e. The summed E-state index contributed by atoms with van der Waals surface area (Å²) < 4.78 is 0. The molecule has 0 saturated carbocycles. The van der Waals surface area contributed by atoms with E-state index in [1.165, 1.54) is 0 Å². The lowest BCUT2D eigenvalue weighted by Gasteiger charge is -2.22.